The van der Waals surface area contributed by atoms with Gasteiger partial charge in [0.25, 0.3) is 0 Å². The summed E-state index contributed by atoms with van der Waals surface area (Å²) in [6, 6.07) is 23.8. The maximum Gasteiger partial charge on any atom is 0.310 e. The summed E-state index contributed by atoms with van der Waals surface area (Å²) in [7, 11) is 3.24. The number of benzene rings is 4. The maximum atomic E-state index is 11.0. The van der Waals surface area contributed by atoms with Gasteiger partial charge in [0.15, 0.2) is 0 Å². The predicted octanol–water partition coefficient (Wildman–Crippen LogP) is 6.41. The largest absolute Gasteiger partial charge is 0.497 e. The molecule has 0 aliphatic rings. The number of rotatable bonds is 7. The molecule has 0 saturated heterocycles. The number of ketones is 1. The van der Waals surface area contributed by atoms with Crippen molar-refractivity contribution >= 4 is 33.3 Å². The highest BCUT2D eigenvalue weighted by Crippen LogP contribution is 2.34. The van der Waals surface area contributed by atoms with Gasteiger partial charge in [0, 0.05) is 17.4 Å². The van der Waals surface area contributed by atoms with E-state index in [0.29, 0.717) is 17.7 Å². The van der Waals surface area contributed by atoms with Crippen LogP contribution in [0.1, 0.15) is 37.3 Å². The van der Waals surface area contributed by atoms with Crippen LogP contribution in [0.2, 0.25) is 0 Å². The summed E-state index contributed by atoms with van der Waals surface area (Å²) in [6.07, 6.45) is 1.43. The summed E-state index contributed by atoms with van der Waals surface area (Å²) in [6.45, 7) is 3.29. The van der Waals surface area contributed by atoms with Gasteiger partial charge in [0.2, 0.25) is 0 Å². The van der Waals surface area contributed by atoms with Crippen molar-refractivity contribution in [3.05, 3.63) is 83.9 Å². The fraction of sp³-hybridized carbons (Fsp3) is 0.241. The second-order valence-corrected chi connectivity index (χ2v) is 8.22. The zero-order valence-electron chi connectivity index (χ0n) is 20.0. The molecule has 0 fully saturated rings. The molecule has 5 heteroatoms. The van der Waals surface area contributed by atoms with E-state index >= 15 is 0 Å². The summed E-state index contributed by atoms with van der Waals surface area (Å²) >= 11 is 0. The van der Waals surface area contributed by atoms with Crippen LogP contribution in [0.25, 0.3) is 21.5 Å². The molecule has 0 aromatic heterocycles. The molecule has 0 amide bonds. The lowest BCUT2D eigenvalue weighted by Gasteiger charge is -2.14. The van der Waals surface area contributed by atoms with Crippen molar-refractivity contribution in [1.29, 1.82) is 0 Å². The standard InChI is InChI=1S/C15H16O2.C14H14O3/c1-11(16)3-4-12-5-6-14-10-15(17-2)8-7-13(14)9-12;1-9(14(15)16)11-8-7-10-5-3-4-6-12(10)13(11)17-2/h5-10H,3-4H2,1-2H3;3-9H,1-2H3,(H,15,16). The topological polar surface area (TPSA) is 72.8 Å². The molecule has 0 aliphatic carbocycles. The number of fused-ring (bicyclic) bond motifs is 2. The molecule has 0 saturated carbocycles. The molecule has 5 nitrogen and oxygen atoms in total. The summed E-state index contributed by atoms with van der Waals surface area (Å²) in [5, 5.41) is 13.4. The Morgan fingerprint density at radius 2 is 1.53 bits per heavy atom. The van der Waals surface area contributed by atoms with E-state index in [-0.39, 0.29) is 5.78 Å². The quantitative estimate of drug-likeness (QED) is 0.347. The van der Waals surface area contributed by atoms with E-state index in [1.54, 1.807) is 28.1 Å². The second-order valence-electron chi connectivity index (χ2n) is 8.22. The molecule has 1 atom stereocenters. The lowest BCUT2D eigenvalue weighted by Crippen LogP contribution is -2.09. The number of aryl methyl sites for hydroxylation is 1. The SMILES string of the molecule is COc1c(C(C)C(=O)O)ccc2ccccc12.COc1ccc2cc(CCC(C)=O)ccc2c1. The Labute approximate surface area is 199 Å². The zero-order valence-corrected chi connectivity index (χ0v) is 20.0. The van der Waals surface area contributed by atoms with Gasteiger partial charge in [0.05, 0.1) is 20.1 Å². The van der Waals surface area contributed by atoms with Crippen LogP contribution in [0, 0.1) is 0 Å². The van der Waals surface area contributed by atoms with Crippen molar-refractivity contribution in [3.8, 4) is 11.5 Å². The van der Waals surface area contributed by atoms with E-state index in [1.165, 1.54) is 10.9 Å². The lowest BCUT2D eigenvalue weighted by molar-refractivity contribution is -0.138. The van der Waals surface area contributed by atoms with E-state index < -0.39 is 11.9 Å². The summed E-state index contributed by atoms with van der Waals surface area (Å²) in [4.78, 5) is 22.0. The van der Waals surface area contributed by atoms with Crippen molar-refractivity contribution in [3.63, 3.8) is 0 Å². The Morgan fingerprint density at radius 1 is 0.853 bits per heavy atom. The molecule has 176 valence electrons. The monoisotopic (exact) mass is 458 g/mol. The maximum absolute atomic E-state index is 11.0. The van der Waals surface area contributed by atoms with E-state index in [4.69, 9.17) is 14.6 Å². The average Bonchev–Trinajstić information content (AvgIpc) is 2.86. The molecule has 0 spiro atoms. The fourth-order valence-electron chi connectivity index (χ4n) is 3.84. The van der Waals surface area contributed by atoms with Crippen molar-refractivity contribution in [1.82, 2.24) is 0 Å². The van der Waals surface area contributed by atoms with Crippen LogP contribution in [-0.4, -0.2) is 31.1 Å². The number of hydrogen-bond acceptors (Lipinski definition) is 4. The number of carbonyl (C=O) groups excluding carboxylic acids is 1. The van der Waals surface area contributed by atoms with Gasteiger partial charge in [-0.1, -0.05) is 60.7 Å². The number of carboxylic acids is 1. The predicted molar refractivity (Wildman–Crippen MR) is 136 cm³/mol. The van der Waals surface area contributed by atoms with Gasteiger partial charge in [-0.15, -0.1) is 0 Å². The van der Waals surface area contributed by atoms with Crippen LogP contribution < -0.4 is 9.47 Å². The number of aliphatic carboxylic acids is 1. The molecule has 0 radical (unpaired) electrons. The second kappa shape index (κ2) is 11.3. The van der Waals surface area contributed by atoms with Crippen LogP contribution in [0.4, 0.5) is 0 Å². The third-order valence-corrected chi connectivity index (χ3v) is 5.83. The summed E-state index contributed by atoms with van der Waals surface area (Å²) in [5.74, 6) is 0.333. The van der Waals surface area contributed by atoms with Crippen LogP contribution in [0.5, 0.6) is 11.5 Å². The third kappa shape index (κ3) is 5.93. The van der Waals surface area contributed by atoms with Crippen LogP contribution in [-0.2, 0) is 16.0 Å². The van der Waals surface area contributed by atoms with Crippen LogP contribution in [0.3, 0.4) is 0 Å². The first kappa shape index (κ1) is 24.8. The number of methoxy groups -OCH3 is 2. The number of ether oxygens (including phenoxy) is 2. The van der Waals surface area contributed by atoms with Crippen molar-refractivity contribution in [2.24, 2.45) is 0 Å². The molecule has 0 aliphatic heterocycles. The average molecular weight is 459 g/mol. The molecule has 4 aromatic rings. The smallest absolute Gasteiger partial charge is 0.310 e. The fourth-order valence-corrected chi connectivity index (χ4v) is 3.84. The number of carboxylic acid groups (broad SMARTS) is 1. The number of Topliss-reactive ketones (excluding diaryl/α,β-unsaturated/α-hetero) is 1. The van der Waals surface area contributed by atoms with Gasteiger partial charge in [-0.25, -0.2) is 0 Å². The highest BCUT2D eigenvalue weighted by Gasteiger charge is 2.19. The van der Waals surface area contributed by atoms with Crippen LogP contribution in [0.15, 0.2) is 72.8 Å². The normalized spacial score (nSPS) is 11.4. The van der Waals surface area contributed by atoms with Crippen LogP contribution >= 0.6 is 0 Å². The number of carbonyl (C=O) groups is 2. The molecule has 0 heterocycles. The van der Waals surface area contributed by atoms with Crippen molar-refractivity contribution < 1.29 is 24.2 Å². The Kier molecular flexibility index (Phi) is 8.25. The Balaban J connectivity index is 0.000000191. The summed E-state index contributed by atoms with van der Waals surface area (Å²) < 4.78 is 10.6. The lowest BCUT2D eigenvalue weighted by atomic mass is 9.96. The first-order valence-electron chi connectivity index (χ1n) is 11.2. The minimum Gasteiger partial charge on any atom is -0.497 e. The highest BCUT2D eigenvalue weighted by atomic mass is 16.5. The Hall–Kier alpha value is -3.86. The first-order valence-corrected chi connectivity index (χ1v) is 11.2. The van der Waals surface area contributed by atoms with Crippen molar-refractivity contribution in [2.45, 2.75) is 32.6 Å². The van der Waals surface area contributed by atoms with Gasteiger partial charge >= 0.3 is 5.97 Å². The molecule has 0 bridgehead atoms. The molecular formula is C29H30O5. The van der Waals surface area contributed by atoms with E-state index in [1.807, 2.05) is 54.6 Å². The molecule has 4 rings (SSSR count). The highest BCUT2D eigenvalue weighted by molar-refractivity contribution is 5.91. The Morgan fingerprint density at radius 3 is 2.21 bits per heavy atom. The van der Waals surface area contributed by atoms with Gasteiger partial charge < -0.3 is 19.4 Å². The van der Waals surface area contributed by atoms with Gasteiger partial charge in [-0.3, -0.25) is 4.79 Å². The van der Waals surface area contributed by atoms with Crippen molar-refractivity contribution in [2.75, 3.05) is 14.2 Å². The van der Waals surface area contributed by atoms with E-state index in [2.05, 4.69) is 18.2 Å². The van der Waals surface area contributed by atoms with Gasteiger partial charge in [-0.05, 0) is 54.1 Å². The zero-order chi connectivity index (χ0) is 24.7. The first-order chi connectivity index (χ1) is 16.3. The molecular weight excluding hydrogens is 428 g/mol. The number of hydrogen-bond donors (Lipinski definition) is 1. The minimum atomic E-state index is -0.849. The minimum absolute atomic E-state index is 0.236. The van der Waals surface area contributed by atoms with E-state index in [9.17, 15) is 9.59 Å². The van der Waals surface area contributed by atoms with Gasteiger partial charge in [0.1, 0.15) is 17.3 Å². The van der Waals surface area contributed by atoms with Gasteiger partial charge in [-0.2, -0.15) is 0 Å². The molecule has 4 aromatic carbocycles. The summed E-state index contributed by atoms with van der Waals surface area (Å²) in [5.41, 5.74) is 1.91. The molecule has 1 unspecified atom stereocenters. The molecule has 34 heavy (non-hydrogen) atoms. The van der Waals surface area contributed by atoms with E-state index in [0.717, 1.165) is 28.3 Å². The third-order valence-electron chi connectivity index (χ3n) is 5.83. The Bertz CT molecular complexity index is 1310. The molecule has 1 N–H and O–H groups in total.